The fourth-order valence-electron chi connectivity index (χ4n) is 1.90. The topological polar surface area (TPSA) is 3.24 Å². The Kier molecular flexibility index (Phi) is 5.44. The summed E-state index contributed by atoms with van der Waals surface area (Å²) in [5, 5.41) is 0.405. The lowest BCUT2D eigenvalue weighted by Crippen LogP contribution is -2.33. The van der Waals surface area contributed by atoms with Gasteiger partial charge in [0.05, 0.1) is 0 Å². The zero-order valence-corrected chi connectivity index (χ0v) is 10.3. The minimum atomic E-state index is 0. The first-order valence-corrected chi connectivity index (χ1v) is 5.68. The quantitative estimate of drug-likeness (QED) is 0.723. The maximum atomic E-state index is 6.06. The molecule has 1 aliphatic heterocycles. The summed E-state index contributed by atoms with van der Waals surface area (Å²) in [5.74, 6) is 0. The van der Waals surface area contributed by atoms with Crippen LogP contribution in [-0.4, -0.2) is 23.4 Å². The number of benzene rings is 1. The Morgan fingerprint density at radius 2 is 1.73 bits per heavy atom. The van der Waals surface area contributed by atoms with Crippen LogP contribution in [0.5, 0.6) is 0 Å². The van der Waals surface area contributed by atoms with Crippen molar-refractivity contribution >= 4 is 24.0 Å². The predicted molar refractivity (Wildman–Crippen MR) is 67.8 cm³/mol. The third-order valence-corrected chi connectivity index (χ3v) is 3.20. The van der Waals surface area contributed by atoms with Gasteiger partial charge in [-0.3, -0.25) is 4.90 Å². The third-order valence-electron chi connectivity index (χ3n) is 2.77. The minimum Gasteiger partial charge on any atom is -0.299 e. The van der Waals surface area contributed by atoms with Gasteiger partial charge in [0.1, 0.15) is 0 Å². The molecule has 3 heteroatoms. The lowest BCUT2D eigenvalue weighted by molar-refractivity contribution is 0.223. The number of alkyl halides is 1. The van der Waals surface area contributed by atoms with Crippen molar-refractivity contribution in [1.29, 1.82) is 0 Å². The maximum absolute atomic E-state index is 6.06. The molecule has 0 atom stereocenters. The highest BCUT2D eigenvalue weighted by Crippen LogP contribution is 2.17. The van der Waals surface area contributed by atoms with E-state index in [0.717, 1.165) is 32.5 Å². The molecule has 2 rings (SSSR count). The highest BCUT2D eigenvalue weighted by Gasteiger charge is 2.16. The molecule has 0 radical (unpaired) electrons. The fraction of sp³-hybridized carbons (Fsp3) is 0.500. The molecule has 1 aromatic carbocycles. The van der Waals surface area contributed by atoms with Gasteiger partial charge < -0.3 is 0 Å². The monoisotopic (exact) mass is 245 g/mol. The third kappa shape index (κ3) is 4.02. The predicted octanol–water partition coefficient (Wildman–Crippen LogP) is 3.31. The summed E-state index contributed by atoms with van der Waals surface area (Å²) in [6, 6.07) is 10.6. The van der Waals surface area contributed by atoms with E-state index in [9.17, 15) is 0 Å². The van der Waals surface area contributed by atoms with Crippen molar-refractivity contribution in [3.63, 3.8) is 0 Å². The van der Waals surface area contributed by atoms with Crippen LogP contribution in [0.15, 0.2) is 30.3 Å². The molecule has 1 aromatic rings. The van der Waals surface area contributed by atoms with Gasteiger partial charge in [-0.05, 0) is 31.5 Å². The average Bonchev–Trinajstić information content (AvgIpc) is 2.23. The summed E-state index contributed by atoms with van der Waals surface area (Å²) >= 11 is 6.06. The van der Waals surface area contributed by atoms with Gasteiger partial charge in [0.25, 0.3) is 0 Å². The number of hydrogen-bond donors (Lipinski definition) is 0. The molecule has 0 unspecified atom stereocenters. The maximum Gasteiger partial charge on any atom is 0.0360 e. The van der Waals surface area contributed by atoms with E-state index in [0.29, 0.717) is 5.38 Å². The zero-order chi connectivity index (χ0) is 9.80. The van der Waals surface area contributed by atoms with Crippen LogP contribution in [-0.2, 0) is 6.54 Å². The van der Waals surface area contributed by atoms with Crippen LogP contribution in [0.2, 0.25) is 0 Å². The van der Waals surface area contributed by atoms with Crippen LogP contribution >= 0.6 is 24.0 Å². The summed E-state index contributed by atoms with van der Waals surface area (Å²) in [5.41, 5.74) is 1.40. The molecular weight excluding hydrogens is 229 g/mol. The average molecular weight is 246 g/mol. The van der Waals surface area contributed by atoms with Crippen molar-refractivity contribution in [2.45, 2.75) is 24.8 Å². The van der Waals surface area contributed by atoms with Gasteiger partial charge in [-0.15, -0.1) is 24.0 Å². The standard InChI is InChI=1S/C12H16ClN.ClH/c13-12-6-8-14(9-7-12)10-11-4-2-1-3-5-11;/h1-5,12H,6-10H2;1H. The molecule has 0 spiro atoms. The number of rotatable bonds is 2. The van der Waals surface area contributed by atoms with Crippen LogP contribution in [0, 0.1) is 0 Å². The molecule has 15 heavy (non-hydrogen) atoms. The molecule has 0 aromatic heterocycles. The van der Waals surface area contributed by atoms with Gasteiger partial charge in [0.15, 0.2) is 0 Å². The van der Waals surface area contributed by atoms with E-state index in [-0.39, 0.29) is 12.4 Å². The summed E-state index contributed by atoms with van der Waals surface area (Å²) in [6.45, 7) is 3.36. The van der Waals surface area contributed by atoms with E-state index in [4.69, 9.17) is 11.6 Å². The minimum absolute atomic E-state index is 0. The summed E-state index contributed by atoms with van der Waals surface area (Å²) < 4.78 is 0. The van der Waals surface area contributed by atoms with E-state index < -0.39 is 0 Å². The second kappa shape index (κ2) is 6.37. The van der Waals surface area contributed by atoms with Crippen molar-refractivity contribution < 1.29 is 0 Å². The number of piperidine rings is 1. The normalized spacial score (nSPS) is 18.5. The molecule has 0 N–H and O–H groups in total. The lowest BCUT2D eigenvalue weighted by atomic mass is 10.1. The Labute approximate surface area is 103 Å². The molecule has 0 saturated carbocycles. The number of halogens is 2. The first-order valence-electron chi connectivity index (χ1n) is 5.25. The second-order valence-corrected chi connectivity index (χ2v) is 4.55. The summed E-state index contributed by atoms with van der Waals surface area (Å²) in [7, 11) is 0. The molecule has 1 saturated heterocycles. The van der Waals surface area contributed by atoms with E-state index in [1.165, 1.54) is 5.56 Å². The Bertz CT molecular complexity index is 268. The highest BCUT2D eigenvalue weighted by atomic mass is 35.5. The van der Waals surface area contributed by atoms with Crippen molar-refractivity contribution in [1.82, 2.24) is 4.90 Å². The largest absolute Gasteiger partial charge is 0.299 e. The molecule has 0 amide bonds. The van der Waals surface area contributed by atoms with Gasteiger partial charge in [-0.25, -0.2) is 0 Å². The van der Waals surface area contributed by atoms with Gasteiger partial charge in [-0.1, -0.05) is 30.3 Å². The summed E-state index contributed by atoms with van der Waals surface area (Å²) in [4.78, 5) is 2.48. The Balaban J connectivity index is 0.00000112. The number of likely N-dealkylation sites (tertiary alicyclic amines) is 1. The smallest absolute Gasteiger partial charge is 0.0360 e. The molecular formula is C12H17Cl2N. The van der Waals surface area contributed by atoms with Crippen LogP contribution in [0.3, 0.4) is 0 Å². The molecule has 0 aliphatic carbocycles. The van der Waals surface area contributed by atoms with Crippen LogP contribution in [0.1, 0.15) is 18.4 Å². The molecule has 1 nitrogen and oxygen atoms in total. The van der Waals surface area contributed by atoms with Crippen molar-refractivity contribution in [2.75, 3.05) is 13.1 Å². The molecule has 1 fully saturated rings. The molecule has 1 aliphatic rings. The van der Waals surface area contributed by atoms with E-state index in [1.807, 2.05) is 0 Å². The molecule has 1 heterocycles. The summed E-state index contributed by atoms with van der Waals surface area (Å²) in [6.07, 6.45) is 2.27. The molecule has 84 valence electrons. The second-order valence-electron chi connectivity index (χ2n) is 3.94. The fourth-order valence-corrected chi connectivity index (χ4v) is 2.10. The van der Waals surface area contributed by atoms with E-state index in [1.54, 1.807) is 0 Å². The Hall–Kier alpha value is -0.240. The van der Waals surface area contributed by atoms with E-state index >= 15 is 0 Å². The highest BCUT2D eigenvalue weighted by molar-refractivity contribution is 6.20. The van der Waals surface area contributed by atoms with Crippen LogP contribution in [0.4, 0.5) is 0 Å². The van der Waals surface area contributed by atoms with Gasteiger partial charge >= 0.3 is 0 Å². The first-order chi connectivity index (χ1) is 6.84. The van der Waals surface area contributed by atoms with Crippen molar-refractivity contribution in [3.05, 3.63) is 35.9 Å². The van der Waals surface area contributed by atoms with Crippen LogP contribution in [0.25, 0.3) is 0 Å². The van der Waals surface area contributed by atoms with Crippen molar-refractivity contribution in [2.24, 2.45) is 0 Å². The Morgan fingerprint density at radius 3 is 2.33 bits per heavy atom. The SMILES string of the molecule is Cl.ClC1CCN(Cc2ccccc2)CC1. The lowest BCUT2D eigenvalue weighted by Gasteiger charge is -2.29. The Morgan fingerprint density at radius 1 is 1.13 bits per heavy atom. The van der Waals surface area contributed by atoms with E-state index in [2.05, 4.69) is 35.2 Å². The first kappa shape index (κ1) is 12.8. The van der Waals surface area contributed by atoms with Crippen LogP contribution < -0.4 is 0 Å². The molecule has 0 bridgehead atoms. The van der Waals surface area contributed by atoms with Gasteiger partial charge in [0, 0.05) is 11.9 Å². The van der Waals surface area contributed by atoms with Crippen molar-refractivity contribution in [3.8, 4) is 0 Å². The van der Waals surface area contributed by atoms with Gasteiger partial charge in [0.2, 0.25) is 0 Å². The zero-order valence-electron chi connectivity index (χ0n) is 8.73. The number of nitrogens with zero attached hydrogens (tertiary/aromatic N) is 1. The number of hydrogen-bond acceptors (Lipinski definition) is 1. The van der Waals surface area contributed by atoms with Gasteiger partial charge in [-0.2, -0.15) is 0 Å².